The van der Waals surface area contributed by atoms with E-state index in [1.54, 1.807) is 0 Å². The summed E-state index contributed by atoms with van der Waals surface area (Å²) in [5.41, 5.74) is 0. The van der Waals surface area contributed by atoms with E-state index < -0.39 is 81.5 Å². The number of carbonyl (C=O) groups is 3. The quantitative estimate of drug-likeness (QED) is 0.0190. The zero-order valence-corrected chi connectivity index (χ0v) is 42.0. The van der Waals surface area contributed by atoms with Crippen molar-refractivity contribution in [2.24, 2.45) is 0 Å². The van der Waals surface area contributed by atoms with E-state index in [0.717, 1.165) is 70.6 Å². The standard InChI is InChI=1S/C50H96NO13P/c1-4-7-10-13-16-19-21-23-25-28-31-34-37-42(53)49(56)51-46-48(47(64-65(58,59)60)43(40-52)62-50(46)57)63-45(55)39-41(36-33-30-27-24-18-15-12-9-6-3)61-44(54)38-35-32-29-26-22-20-17-14-11-8-5-2/h41-43,46-48,50,52-53,57H,4-40H2,1-3H3,(H,51,56)(H2,58,59,60)/t41?,42?,43-,46-,47-,48-,50?/m1/s1. The van der Waals surface area contributed by atoms with Crippen LogP contribution in [0.5, 0.6) is 0 Å². The number of rotatable bonds is 44. The first-order valence-electron chi connectivity index (χ1n) is 26.4. The number of phosphoric ester groups is 1. The average Bonchev–Trinajstić information content (AvgIpc) is 3.26. The first-order chi connectivity index (χ1) is 31.4. The average molecular weight is 950 g/mol. The molecule has 0 aromatic rings. The van der Waals surface area contributed by atoms with Crippen molar-refractivity contribution < 1.29 is 62.8 Å². The van der Waals surface area contributed by atoms with Gasteiger partial charge in [0.25, 0.3) is 0 Å². The van der Waals surface area contributed by atoms with Gasteiger partial charge >= 0.3 is 19.8 Å². The van der Waals surface area contributed by atoms with Crippen LogP contribution in [-0.4, -0.2) is 92.4 Å². The van der Waals surface area contributed by atoms with Gasteiger partial charge < -0.3 is 44.6 Å². The molecule has 1 aliphatic heterocycles. The minimum Gasteiger partial charge on any atom is -0.462 e. The van der Waals surface area contributed by atoms with Gasteiger partial charge in [-0.1, -0.05) is 213 Å². The first kappa shape index (κ1) is 61.4. The number of hydrogen-bond acceptors (Lipinski definition) is 11. The predicted molar refractivity (Wildman–Crippen MR) is 256 cm³/mol. The normalized spacial score (nSPS) is 19.8. The lowest BCUT2D eigenvalue weighted by Crippen LogP contribution is -2.66. The van der Waals surface area contributed by atoms with Crippen molar-refractivity contribution in [3.05, 3.63) is 0 Å². The summed E-state index contributed by atoms with van der Waals surface area (Å²) in [7, 11) is -5.30. The zero-order valence-electron chi connectivity index (χ0n) is 41.2. The van der Waals surface area contributed by atoms with Gasteiger partial charge in [0.15, 0.2) is 12.4 Å². The van der Waals surface area contributed by atoms with E-state index in [2.05, 4.69) is 26.1 Å². The third-order valence-corrected chi connectivity index (χ3v) is 13.1. The second-order valence-electron chi connectivity index (χ2n) is 18.7. The molecule has 14 nitrogen and oxygen atoms in total. The van der Waals surface area contributed by atoms with Gasteiger partial charge in [0.2, 0.25) is 5.91 Å². The van der Waals surface area contributed by atoms with Crippen molar-refractivity contribution in [2.75, 3.05) is 6.61 Å². The molecule has 0 radical (unpaired) electrons. The second-order valence-corrected chi connectivity index (χ2v) is 19.9. The SMILES string of the molecule is CCCCCCCCCCCCCCC(O)C(=O)N[C@H]1C(O)O[C@H](CO)[C@@H](OP(=O)(O)O)[C@@H]1OC(=O)CC(CCCCCCCCCCC)OC(=O)CCCCCCCCCCCCC. The second kappa shape index (κ2) is 40.3. The Morgan fingerprint density at radius 3 is 1.40 bits per heavy atom. The van der Waals surface area contributed by atoms with Crippen molar-refractivity contribution >= 4 is 25.7 Å². The molecule has 7 atom stereocenters. The maximum atomic E-state index is 13.7. The highest BCUT2D eigenvalue weighted by Gasteiger charge is 2.51. The Hall–Kier alpha value is -1.64. The van der Waals surface area contributed by atoms with Crippen LogP contribution in [0.1, 0.15) is 252 Å². The Balaban J connectivity index is 2.91. The number of carbonyl (C=O) groups excluding carboxylic acids is 3. The fourth-order valence-electron chi connectivity index (χ4n) is 8.67. The van der Waals surface area contributed by atoms with Gasteiger partial charge in [-0.2, -0.15) is 0 Å². The maximum Gasteiger partial charge on any atom is 0.470 e. The smallest absolute Gasteiger partial charge is 0.462 e. The van der Waals surface area contributed by atoms with Crippen LogP contribution in [0.4, 0.5) is 0 Å². The predicted octanol–water partition coefficient (Wildman–Crippen LogP) is 10.9. The summed E-state index contributed by atoms with van der Waals surface area (Å²) in [5.74, 6) is -2.26. The molecular formula is C50H96NO13P. The van der Waals surface area contributed by atoms with Gasteiger partial charge in [0.1, 0.15) is 30.5 Å². The summed E-state index contributed by atoms with van der Waals surface area (Å²) < 4.78 is 34.1. The Labute approximate surface area is 394 Å². The van der Waals surface area contributed by atoms with E-state index in [9.17, 15) is 44.1 Å². The number of nitrogens with one attached hydrogen (secondary N) is 1. The minimum atomic E-state index is -5.30. The molecule has 0 aliphatic carbocycles. The Morgan fingerprint density at radius 2 is 0.985 bits per heavy atom. The van der Waals surface area contributed by atoms with Crippen LogP contribution < -0.4 is 5.32 Å². The lowest BCUT2D eigenvalue weighted by Gasteiger charge is -2.44. The Morgan fingerprint density at radius 1 is 0.585 bits per heavy atom. The minimum absolute atomic E-state index is 0.129. The van der Waals surface area contributed by atoms with E-state index in [1.807, 2.05) is 0 Å². The molecule has 1 fully saturated rings. The fraction of sp³-hybridized carbons (Fsp3) is 0.940. The molecule has 1 heterocycles. The highest BCUT2D eigenvalue weighted by atomic mass is 31.2. The number of amides is 1. The van der Waals surface area contributed by atoms with Crippen molar-refractivity contribution in [3.8, 4) is 0 Å². The van der Waals surface area contributed by atoms with Crippen molar-refractivity contribution in [3.63, 3.8) is 0 Å². The van der Waals surface area contributed by atoms with Crippen molar-refractivity contribution in [1.82, 2.24) is 5.32 Å². The molecular weight excluding hydrogens is 854 g/mol. The van der Waals surface area contributed by atoms with Gasteiger partial charge in [-0.15, -0.1) is 0 Å². The van der Waals surface area contributed by atoms with E-state index >= 15 is 0 Å². The number of hydrogen-bond donors (Lipinski definition) is 6. The molecule has 15 heteroatoms. The third kappa shape index (κ3) is 32.7. The molecule has 1 saturated heterocycles. The van der Waals surface area contributed by atoms with Gasteiger partial charge in [0.05, 0.1) is 13.0 Å². The lowest BCUT2D eigenvalue weighted by atomic mass is 9.96. The number of esters is 2. The first-order valence-corrected chi connectivity index (χ1v) is 27.9. The van der Waals surface area contributed by atoms with Crippen LogP contribution >= 0.6 is 7.82 Å². The largest absolute Gasteiger partial charge is 0.470 e. The zero-order chi connectivity index (χ0) is 48.0. The van der Waals surface area contributed by atoms with Crippen molar-refractivity contribution in [1.29, 1.82) is 0 Å². The van der Waals surface area contributed by atoms with Gasteiger partial charge in [-0.3, -0.25) is 18.9 Å². The highest BCUT2D eigenvalue weighted by Crippen LogP contribution is 2.42. The summed E-state index contributed by atoms with van der Waals surface area (Å²) in [6.07, 6.45) is 26.5. The Kier molecular flexibility index (Phi) is 38.0. The Bertz CT molecular complexity index is 1220. The van der Waals surface area contributed by atoms with Crippen LogP contribution in [0.15, 0.2) is 0 Å². The molecule has 1 aliphatic rings. The fourth-order valence-corrected chi connectivity index (χ4v) is 9.24. The number of unbranched alkanes of at least 4 members (excludes halogenated alkanes) is 29. The summed E-state index contributed by atoms with van der Waals surface area (Å²) in [6, 6.07) is -1.64. The molecule has 6 N–H and O–H groups in total. The van der Waals surface area contributed by atoms with E-state index in [4.69, 9.17) is 18.7 Å². The van der Waals surface area contributed by atoms with E-state index in [-0.39, 0.29) is 12.8 Å². The number of phosphoric acid groups is 1. The number of aliphatic hydroxyl groups excluding tert-OH is 3. The molecule has 0 aromatic heterocycles. The van der Waals surface area contributed by atoms with Crippen LogP contribution in [0.3, 0.4) is 0 Å². The van der Waals surface area contributed by atoms with Crippen LogP contribution in [-0.2, 0) is 37.7 Å². The summed E-state index contributed by atoms with van der Waals surface area (Å²) in [4.78, 5) is 59.7. The number of aliphatic hydroxyl groups is 3. The molecule has 1 amide bonds. The van der Waals surface area contributed by atoms with Crippen LogP contribution in [0.2, 0.25) is 0 Å². The molecule has 384 valence electrons. The summed E-state index contributed by atoms with van der Waals surface area (Å²) >= 11 is 0. The molecule has 3 unspecified atom stereocenters. The molecule has 0 bridgehead atoms. The number of ether oxygens (including phenoxy) is 3. The van der Waals surface area contributed by atoms with Crippen LogP contribution in [0, 0.1) is 0 Å². The van der Waals surface area contributed by atoms with Gasteiger partial charge in [0, 0.05) is 6.42 Å². The summed E-state index contributed by atoms with van der Waals surface area (Å²) in [6.45, 7) is 5.74. The molecule has 1 rings (SSSR count). The van der Waals surface area contributed by atoms with Gasteiger partial charge in [-0.25, -0.2) is 4.57 Å². The molecule has 0 spiro atoms. The topological polar surface area (TPSA) is 218 Å². The third-order valence-electron chi connectivity index (χ3n) is 12.6. The van der Waals surface area contributed by atoms with Gasteiger partial charge in [-0.05, 0) is 25.7 Å². The molecule has 0 aromatic carbocycles. The molecule has 65 heavy (non-hydrogen) atoms. The van der Waals surface area contributed by atoms with Crippen LogP contribution in [0.25, 0.3) is 0 Å². The van der Waals surface area contributed by atoms with Crippen molar-refractivity contribution in [2.45, 2.75) is 295 Å². The summed E-state index contributed by atoms with van der Waals surface area (Å²) in [5, 5.41) is 34.3. The lowest BCUT2D eigenvalue weighted by molar-refractivity contribution is -0.256. The molecule has 0 saturated carbocycles. The highest BCUT2D eigenvalue weighted by molar-refractivity contribution is 7.46. The van der Waals surface area contributed by atoms with E-state index in [1.165, 1.54) is 116 Å². The monoisotopic (exact) mass is 950 g/mol. The maximum absolute atomic E-state index is 13.7. The van der Waals surface area contributed by atoms with E-state index in [0.29, 0.717) is 25.7 Å².